The molecule has 0 N–H and O–H groups in total. The topological polar surface area (TPSA) is 60.1 Å². The van der Waals surface area contributed by atoms with Gasteiger partial charge < -0.3 is 0 Å². The number of nitrogens with zero attached hydrogens (tertiary/aromatic N) is 4. The maximum atomic E-state index is 12.8. The summed E-state index contributed by atoms with van der Waals surface area (Å²) >= 11 is 7.57. The Morgan fingerprint density at radius 1 is 1.07 bits per heavy atom. The van der Waals surface area contributed by atoms with Crippen LogP contribution in [0.15, 0.2) is 59.9 Å². The lowest BCUT2D eigenvalue weighted by atomic mass is 9.82. The minimum absolute atomic E-state index is 0.0926. The summed E-state index contributed by atoms with van der Waals surface area (Å²) < 4.78 is 1.62. The van der Waals surface area contributed by atoms with Crippen molar-refractivity contribution >= 4 is 34.9 Å². The standard InChI is InChI=1S/C23H19ClN4OS/c1-14-2-4-15(5-3-14)13-30-23-26-22-25-20-10-17(16-6-8-18(24)9-7-16)11-21(29)19(20)12-28(22)27-23/h2-9,12,17H,10-11,13H2,1H3/t17-/m0/s1. The van der Waals surface area contributed by atoms with E-state index in [2.05, 4.69) is 46.3 Å². The smallest absolute Gasteiger partial charge is 0.253 e. The molecule has 150 valence electrons. The number of ketones is 1. The fourth-order valence-electron chi connectivity index (χ4n) is 3.73. The van der Waals surface area contributed by atoms with Crippen LogP contribution < -0.4 is 0 Å². The van der Waals surface area contributed by atoms with Gasteiger partial charge in [0.15, 0.2) is 5.78 Å². The molecule has 1 aliphatic carbocycles. The molecule has 0 amide bonds. The third-order valence-electron chi connectivity index (χ3n) is 5.39. The summed E-state index contributed by atoms with van der Waals surface area (Å²) in [5, 5.41) is 5.87. The van der Waals surface area contributed by atoms with Crippen molar-refractivity contribution < 1.29 is 4.79 Å². The van der Waals surface area contributed by atoms with Gasteiger partial charge >= 0.3 is 0 Å². The molecule has 1 atom stereocenters. The summed E-state index contributed by atoms with van der Waals surface area (Å²) in [4.78, 5) is 22.0. The number of fused-ring (bicyclic) bond motifs is 2. The van der Waals surface area contributed by atoms with Crippen molar-refractivity contribution in [3.8, 4) is 0 Å². The molecule has 4 aromatic rings. The maximum Gasteiger partial charge on any atom is 0.253 e. The van der Waals surface area contributed by atoms with Gasteiger partial charge in [0.05, 0.1) is 11.3 Å². The Morgan fingerprint density at radius 2 is 1.83 bits per heavy atom. The Bertz CT molecular complexity index is 1230. The molecule has 0 radical (unpaired) electrons. The number of aromatic nitrogens is 4. The van der Waals surface area contributed by atoms with Gasteiger partial charge in [-0.1, -0.05) is 65.3 Å². The van der Waals surface area contributed by atoms with E-state index >= 15 is 0 Å². The van der Waals surface area contributed by atoms with Gasteiger partial charge in [0, 0.05) is 23.4 Å². The number of hydrogen-bond acceptors (Lipinski definition) is 5. The van der Waals surface area contributed by atoms with Crippen LogP contribution in [0.4, 0.5) is 0 Å². The summed E-state index contributed by atoms with van der Waals surface area (Å²) in [6.07, 6.45) is 2.95. The van der Waals surface area contributed by atoms with E-state index in [1.807, 2.05) is 24.3 Å². The van der Waals surface area contributed by atoms with Crippen molar-refractivity contribution in [2.24, 2.45) is 0 Å². The van der Waals surface area contributed by atoms with Gasteiger partial charge in [0.2, 0.25) is 5.16 Å². The first-order chi connectivity index (χ1) is 14.5. The highest BCUT2D eigenvalue weighted by atomic mass is 35.5. The number of carbonyl (C=O) groups excluding carboxylic acids is 1. The molecule has 0 fully saturated rings. The minimum Gasteiger partial charge on any atom is -0.294 e. The lowest BCUT2D eigenvalue weighted by Crippen LogP contribution is -2.21. The lowest BCUT2D eigenvalue weighted by Gasteiger charge is -2.23. The highest BCUT2D eigenvalue weighted by Gasteiger charge is 2.28. The van der Waals surface area contributed by atoms with Crippen LogP contribution in [0.2, 0.25) is 5.02 Å². The lowest BCUT2D eigenvalue weighted by molar-refractivity contribution is 0.0962. The number of benzene rings is 2. The van der Waals surface area contributed by atoms with Crippen molar-refractivity contribution in [2.75, 3.05) is 0 Å². The Hall–Kier alpha value is -2.70. The Kier molecular flexibility index (Phi) is 5.05. The first-order valence-electron chi connectivity index (χ1n) is 9.78. The van der Waals surface area contributed by atoms with Crippen LogP contribution in [0.5, 0.6) is 0 Å². The molecule has 0 spiro atoms. The normalized spacial score (nSPS) is 16.1. The molecule has 7 heteroatoms. The first-order valence-corrected chi connectivity index (χ1v) is 11.1. The van der Waals surface area contributed by atoms with Crippen LogP contribution >= 0.6 is 23.4 Å². The third kappa shape index (κ3) is 3.85. The van der Waals surface area contributed by atoms with Gasteiger partial charge in [0.25, 0.3) is 5.78 Å². The third-order valence-corrected chi connectivity index (χ3v) is 6.55. The van der Waals surface area contributed by atoms with Crippen LogP contribution in [-0.2, 0) is 12.2 Å². The maximum absolute atomic E-state index is 12.8. The molecule has 5 rings (SSSR count). The highest BCUT2D eigenvalue weighted by molar-refractivity contribution is 7.98. The molecule has 0 bridgehead atoms. The van der Waals surface area contributed by atoms with E-state index in [0.29, 0.717) is 34.4 Å². The Labute approximate surface area is 183 Å². The van der Waals surface area contributed by atoms with Gasteiger partial charge in [-0.05, 0) is 42.5 Å². The summed E-state index contributed by atoms with van der Waals surface area (Å²) in [5.74, 6) is 1.52. The van der Waals surface area contributed by atoms with Gasteiger partial charge in [-0.15, -0.1) is 5.10 Å². The average Bonchev–Trinajstić information content (AvgIpc) is 3.14. The molecule has 2 heterocycles. The van der Waals surface area contributed by atoms with Crippen molar-refractivity contribution in [1.82, 2.24) is 19.6 Å². The molecule has 2 aromatic heterocycles. The molecule has 0 unspecified atom stereocenters. The molecule has 0 saturated carbocycles. The summed E-state index contributed by atoms with van der Waals surface area (Å²) in [5.41, 5.74) is 5.01. The van der Waals surface area contributed by atoms with E-state index in [1.165, 1.54) is 11.1 Å². The van der Waals surface area contributed by atoms with Crippen LogP contribution in [0, 0.1) is 6.92 Å². The molecular formula is C23H19ClN4OS. The van der Waals surface area contributed by atoms with Gasteiger partial charge in [-0.2, -0.15) is 4.98 Å². The van der Waals surface area contributed by atoms with Crippen molar-refractivity contribution in [3.05, 3.63) is 87.7 Å². The monoisotopic (exact) mass is 434 g/mol. The number of halogens is 1. The predicted octanol–water partition coefficient (Wildman–Crippen LogP) is 5.29. The number of carbonyl (C=O) groups is 1. The molecular weight excluding hydrogens is 416 g/mol. The number of aryl methyl sites for hydroxylation is 1. The SMILES string of the molecule is Cc1ccc(CSc2nc3nc4c(cn3n2)C(=O)C[C@@H](c2ccc(Cl)cc2)C4)cc1. The van der Waals surface area contributed by atoms with Crippen molar-refractivity contribution in [2.45, 2.75) is 36.6 Å². The number of rotatable bonds is 4. The molecule has 1 aliphatic rings. The fraction of sp³-hybridized carbons (Fsp3) is 0.217. The van der Waals surface area contributed by atoms with Crippen LogP contribution in [0.1, 0.15) is 45.1 Å². The molecule has 2 aromatic carbocycles. The second-order valence-corrected chi connectivity index (χ2v) is 8.97. The second kappa shape index (κ2) is 7.85. The predicted molar refractivity (Wildman–Crippen MR) is 118 cm³/mol. The molecule has 5 nitrogen and oxygen atoms in total. The quantitative estimate of drug-likeness (QED) is 0.408. The zero-order valence-electron chi connectivity index (χ0n) is 16.4. The van der Waals surface area contributed by atoms with E-state index in [1.54, 1.807) is 22.5 Å². The second-order valence-electron chi connectivity index (χ2n) is 7.59. The summed E-state index contributed by atoms with van der Waals surface area (Å²) in [6.45, 7) is 2.08. The first kappa shape index (κ1) is 19.3. The fourth-order valence-corrected chi connectivity index (χ4v) is 4.63. The largest absolute Gasteiger partial charge is 0.294 e. The Morgan fingerprint density at radius 3 is 2.60 bits per heavy atom. The number of Topliss-reactive ketones (excluding diaryl/α,β-unsaturated/α-hetero) is 1. The molecule has 30 heavy (non-hydrogen) atoms. The van der Waals surface area contributed by atoms with Gasteiger partial charge in [-0.3, -0.25) is 4.79 Å². The average molecular weight is 435 g/mol. The zero-order chi connectivity index (χ0) is 20.7. The number of hydrogen-bond donors (Lipinski definition) is 0. The molecule has 0 saturated heterocycles. The van der Waals surface area contributed by atoms with E-state index in [9.17, 15) is 4.79 Å². The van der Waals surface area contributed by atoms with Crippen molar-refractivity contribution in [3.63, 3.8) is 0 Å². The summed E-state index contributed by atoms with van der Waals surface area (Å²) in [6, 6.07) is 16.1. The minimum atomic E-state index is 0.0926. The van der Waals surface area contributed by atoms with Crippen LogP contribution in [-0.4, -0.2) is 25.4 Å². The molecule has 0 aliphatic heterocycles. The van der Waals surface area contributed by atoms with E-state index in [-0.39, 0.29) is 11.7 Å². The van der Waals surface area contributed by atoms with E-state index < -0.39 is 0 Å². The van der Waals surface area contributed by atoms with Gasteiger partial charge in [-0.25, -0.2) is 9.50 Å². The van der Waals surface area contributed by atoms with E-state index in [0.717, 1.165) is 17.0 Å². The summed E-state index contributed by atoms with van der Waals surface area (Å²) in [7, 11) is 0. The van der Waals surface area contributed by atoms with Gasteiger partial charge in [0.1, 0.15) is 0 Å². The number of thioether (sulfide) groups is 1. The van der Waals surface area contributed by atoms with E-state index in [4.69, 9.17) is 11.6 Å². The van der Waals surface area contributed by atoms with Crippen LogP contribution in [0.3, 0.4) is 0 Å². The van der Waals surface area contributed by atoms with Crippen LogP contribution in [0.25, 0.3) is 5.78 Å². The Balaban J connectivity index is 1.39. The zero-order valence-corrected chi connectivity index (χ0v) is 18.0. The van der Waals surface area contributed by atoms with Crippen molar-refractivity contribution in [1.29, 1.82) is 0 Å². The highest BCUT2D eigenvalue weighted by Crippen LogP contribution is 2.32.